The van der Waals surface area contributed by atoms with E-state index in [2.05, 4.69) is 44.4 Å². The van der Waals surface area contributed by atoms with Crippen LogP contribution in [0.15, 0.2) is 12.4 Å². The third-order valence-corrected chi connectivity index (χ3v) is 4.63. The van der Waals surface area contributed by atoms with E-state index in [0.717, 1.165) is 25.0 Å². The molecule has 0 radical (unpaired) electrons. The lowest BCUT2D eigenvalue weighted by Gasteiger charge is -2.14. The number of rotatable bonds is 7. The molecule has 1 atom stereocenters. The zero-order chi connectivity index (χ0) is 19.6. The summed E-state index contributed by atoms with van der Waals surface area (Å²) in [4.78, 5) is 21.3. The van der Waals surface area contributed by atoms with Crippen molar-refractivity contribution in [3.63, 3.8) is 0 Å². The van der Waals surface area contributed by atoms with Gasteiger partial charge >= 0.3 is 0 Å². The van der Waals surface area contributed by atoms with Crippen LogP contribution < -0.4 is 11.1 Å². The van der Waals surface area contributed by atoms with Gasteiger partial charge in [0.05, 0.1) is 11.4 Å². The predicted molar refractivity (Wildman–Crippen MR) is 105 cm³/mol. The van der Waals surface area contributed by atoms with Crippen LogP contribution in [0, 0.1) is 0 Å². The van der Waals surface area contributed by atoms with Gasteiger partial charge < -0.3 is 11.1 Å². The molecule has 0 aliphatic heterocycles. The molecule has 3 heterocycles. The summed E-state index contributed by atoms with van der Waals surface area (Å²) in [6, 6.07) is 1.96. The lowest BCUT2D eigenvalue weighted by Crippen LogP contribution is -2.15. The number of carbonyl (C=O) groups is 1. The molecule has 3 aromatic rings. The highest BCUT2D eigenvalue weighted by Gasteiger charge is 2.24. The number of aromatic nitrogens is 6. The molecule has 0 saturated heterocycles. The van der Waals surface area contributed by atoms with Gasteiger partial charge in [-0.15, -0.1) is 0 Å². The molecule has 4 N–H and O–H groups in total. The molecule has 0 saturated carbocycles. The van der Waals surface area contributed by atoms with E-state index in [9.17, 15) is 4.79 Å². The van der Waals surface area contributed by atoms with E-state index >= 15 is 0 Å². The van der Waals surface area contributed by atoms with E-state index < -0.39 is 0 Å². The monoisotopic (exact) mass is 370 g/mol. The molecule has 3 rings (SSSR count). The van der Waals surface area contributed by atoms with Crippen LogP contribution in [0.25, 0.3) is 11.0 Å². The molecule has 3 aromatic heterocycles. The molecule has 1 amide bonds. The molecular weight excluding hydrogens is 344 g/mol. The maximum absolute atomic E-state index is 12.9. The van der Waals surface area contributed by atoms with Crippen molar-refractivity contribution in [2.24, 2.45) is 0 Å². The molecule has 1 unspecified atom stereocenters. The fraction of sp³-hybridized carbons (Fsp3) is 0.500. The first-order valence-corrected chi connectivity index (χ1v) is 9.31. The van der Waals surface area contributed by atoms with Gasteiger partial charge in [-0.1, -0.05) is 34.1 Å². The van der Waals surface area contributed by atoms with Crippen LogP contribution in [-0.4, -0.2) is 35.9 Å². The molecule has 9 heteroatoms. The molecule has 0 spiro atoms. The molecule has 0 aliphatic rings. The minimum absolute atomic E-state index is 0.145. The van der Waals surface area contributed by atoms with Gasteiger partial charge in [-0.3, -0.25) is 9.89 Å². The Balaban J connectivity index is 2.01. The van der Waals surface area contributed by atoms with Crippen molar-refractivity contribution < 1.29 is 4.79 Å². The van der Waals surface area contributed by atoms with Crippen LogP contribution >= 0.6 is 0 Å². The van der Waals surface area contributed by atoms with Gasteiger partial charge in [-0.2, -0.15) is 10.2 Å². The Bertz CT molecular complexity index is 942. The number of nitrogen functional groups attached to an aromatic ring is 1. The van der Waals surface area contributed by atoms with Crippen molar-refractivity contribution in [3.05, 3.63) is 23.8 Å². The Kier molecular flexibility index (Phi) is 5.38. The lowest BCUT2D eigenvalue weighted by molar-refractivity contribution is 0.102. The molecule has 9 nitrogen and oxygen atoms in total. The minimum Gasteiger partial charge on any atom is -0.383 e. The summed E-state index contributed by atoms with van der Waals surface area (Å²) in [7, 11) is 0. The third-order valence-electron chi connectivity index (χ3n) is 4.63. The number of aromatic amines is 1. The number of nitrogens with two attached hydrogens (primary N) is 1. The standard InChI is InChI=1S/C18H26N8O/c1-5-7-11(6-2)26-17-14(16(19)20-9-21-17)15(25-26)18(27)22-13-8-12(10(3)4)23-24-13/h8-11H,5-7H2,1-4H3,(H2,19,20,21)(H2,22,23,24,27). The van der Waals surface area contributed by atoms with E-state index in [0.29, 0.717) is 16.9 Å². The normalized spacial score (nSPS) is 12.6. The second kappa shape index (κ2) is 7.73. The smallest absolute Gasteiger partial charge is 0.278 e. The van der Waals surface area contributed by atoms with Crippen LogP contribution in [0.2, 0.25) is 0 Å². The Morgan fingerprint density at radius 3 is 2.74 bits per heavy atom. The van der Waals surface area contributed by atoms with E-state index in [4.69, 9.17) is 5.73 Å². The highest BCUT2D eigenvalue weighted by molar-refractivity contribution is 6.12. The van der Waals surface area contributed by atoms with Gasteiger partial charge in [-0.05, 0) is 18.8 Å². The lowest BCUT2D eigenvalue weighted by atomic mass is 10.1. The number of hydrogen-bond acceptors (Lipinski definition) is 6. The second-order valence-corrected chi connectivity index (χ2v) is 6.92. The van der Waals surface area contributed by atoms with E-state index in [1.165, 1.54) is 6.33 Å². The van der Waals surface area contributed by atoms with Crippen molar-refractivity contribution in [2.45, 2.75) is 58.9 Å². The average molecular weight is 370 g/mol. The number of nitrogens with one attached hydrogen (secondary N) is 2. The van der Waals surface area contributed by atoms with Crippen molar-refractivity contribution in [1.29, 1.82) is 0 Å². The summed E-state index contributed by atoms with van der Waals surface area (Å²) in [5, 5.41) is 14.9. The van der Waals surface area contributed by atoms with Crippen LogP contribution in [0.3, 0.4) is 0 Å². The predicted octanol–water partition coefficient (Wildman–Crippen LogP) is 3.26. The summed E-state index contributed by atoms with van der Waals surface area (Å²) in [5.74, 6) is 0.593. The highest BCUT2D eigenvalue weighted by Crippen LogP contribution is 2.28. The summed E-state index contributed by atoms with van der Waals surface area (Å²) >= 11 is 0. The zero-order valence-corrected chi connectivity index (χ0v) is 16.2. The van der Waals surface area contributed by atoms with Crippen molar-refractivity contribution >= 4 is 28.6 Å². The topological polar surface area (TPSA) is 127 Å². The molecule has 0 bridgehead atoms. The average Bonchev–Trinajstić information content (AvgIpc) is 3.25. The van der Waals surface area contributed by atoms with E-state index in [-0.39, 0.29) is 29.4 Å². The van der Waals surface area contributed by atoms with Crippen molar-refractivity contribution in [3.8, 4) is 0 Å². The summed E-state index contributed by atoms with van der Waals surface area (Å²) in [5.41, 5.74) is 7.79. The van der Waals surface area contributed by atoms with Gasteiger partial charge in [0.25, 0.3) is 5.91 Å². The summed E-state index contributed by atoms with van der Waals surface area (Å²) in [6.45, 7) is 8.31. The first-order valence-electron chi connectivity index (χ1n) is 9.31. The summed E-state index contributed by atoms with van der Waals surface area (Å²) < 4.78 is 1.80. The Morgan fingerprint density at radius 2 is 2.11 bits per heavy atom. The van der Waals surface area contributed by atoms with Crippen molar-refractivity contribution in [1.82, 2.24) is 29.9 Å². The Hall–Kier alpha value is -2.97. The second-order valence-electron chi connectivity index (χ2n) is 6.92. The quantitative estimate of drug-likeness (QED) is 0.586. The Labute approximate surface area is 157 Å². The van der Waals surface area contributed by atoms with Gasteiger partial charge in [0, 0.05) is 11.8 Å². The minimum atomic E-state index is -0.381. The van der Waals surface area contributed by atoms with Gasteiger partial charge in [0.15, 0.2) is 17.2 Å². The van der Waals surface area contributed by atoms with Crippen LogP contribution in [0.5, 0.6) is 0 Å². The third kappa shape index (κ3) is 3.62. The molecule has 27 heavy (non-hydrogen) atoms. The highest BCUT2D eigenvalue weighted by atomic mass is 16.2. The van der Waals surface area contributed by atoms with Crippen LogP contribution in [-0.2, 0) is 0 Å². The number of carbonyl (C=O) groups excluding carboxylic acids is 1. The SMILES string of the molecule is CCCC(CC)n1nc(C(=O)Nc2cc(C(C)C)[nH]n2)c2c(N)ncnc21. The number of nitrogens with zero attached hydrogens (tertiary/aromatic N) is 5. The van der Waals surface area contributed by atoms with Gasteiger partial charge in [0.1, 0.15) is 12.1 Å². The zero-order valence-electron chi connectivity index (χ0n) is 16.2. The maximum atomic E-state index is 12.9. The first kappa shape index (κ1) is 18.8. The number of hydrogen-bond donors (Lipinski definition) is 3. The number of amides is 1. The fourth-order valence-corrected chi connectivity index (χ4v) is 3.11. The van der Waals surface area contributed by atoms with E-state index in [1.54, 1.807) is 4.68 Å². The molecule has 144 valence electrons. The number of fused-ring (bicyclic) bond motifs is 1. The van der Waals surface area contributed by atoms with Gasteiger partial charge in [-0.25, -0.2) is 14.6 Å². The number of H-pyrrole nitrogens is 1. The molecule has 0 aliphatic carbocycles. The largest absolute Gasteiger partial charge is 0.383 e. The Morgan fingerprint density at radius 1 is 1.33 bits per heavy atom. The molecule has 0 fully saturated rings. The molecular formula is C18H26N8O. The van der Waals surface area contributed by atoms with Crippen LogP contribution in [0.1, 0.15) is 75.1 Å². The molecule has 0 aromatic carbocycles. The summed E-state index contributed by atoms with van der Waals surface area (Å²) in [6.07, 6.45) is 4.23. The van der Waals surface area contributed by atoms with E-state index in [1.807, 2.05) is 19.9 Å². The maximum Gasteiger partial charge on any atom is 0.278 e. The first-order chi connectivity index (χ1) is 13.0. The van der Waals surface area contributed by atoms with Crippen LogP contribution in [0.4, 0.5) is 11.6 Å². The fourth-order valence-electron chi connectivity index (χ4n) is 3.11. The number of anilines is 2. The van der Waals surface area contributed by atoms with Crippen molar-refractivity contribution in [2.75, 3.05) is 11.1 Å². The van der Waals surface area contributed by atoms with Gasteiger partial charge in [0.2, 0.25) is 0 Å².